The first-order valence-corrected chi connectivity index (χ1v) is 8.91. The maximum atomic E-state index is 12.1. The molecule has 0 fully saturated rings. The Morgan fingerprint density at radius 1 is 1.24 bits per heavy atom. The van der Waals surface area contributed by atoms with Gasteiger partial charge < -0.3 is 4.43 Å². The van der Waals surface area contributed by atoms with E-state index >= 15 is 0 Å². The fraction of sp³-hybridized carbons (Fsp3) is 0.462. The van der Waals surface area contributed by atoms with Crippen LogP contribution in [-0.2, 0) is 4.43 Å². The maximum Gasteiger partial charge on any atom is 0.326 e. The summed E-state index contributed by atoms with van der Waals surface area (Å²) in [7, 11) is -2.08. The lowest BCUT2D eigenvalue weighted by atomic mass is 10.2. The predicted octanol–water partition coefficient (Wildman–Crippen LogP) is 4.50. The van der Waals surface area contributed by atoms with Gasteiger partial charge in [0.1, 0.15) is 0 Å². The Labute approximate surface area is 109 Å². The van der Waals surface area contributed by atoms with E-state index in [0.29, 0.717) is 10.6 Å². The molecular weight excluding hydrogens is 252 g/mol. The third-order valence-electron chi connectivity index (χ3n) is 3.25. The fourth-order valence-corrected chi connectivity index (χ4v) is 2.16. The molecule has 1 aromatic rings. The Hall–Kier alpha value is -0.803. The molecule has 0 aliphatic rings. The second-order valence-electron chi connectivity index (χ2n) is 5.63. The molecule has 0 aliphatic heterocycles. The molecule has 0 atom stereocenters. The molecule has 0 amide bonds. The zero-order chi connectivity index (χ0) is 13.3. The molecule has 0 spiro atoms. The van der Waals surface area contributed by atoms with Gasteiger partial charge >= 0.3 is 5.97 Å². The number of benzene rings is 1. The molecule has 0 heterocycles. The highest BCUT2D eigenvalue weighted by Crippen LogP contribution is 2.37. The molecule has 0 aromatic heterocycles. The predicted molar refractivity (Wildman–Crippen MR) is 74.1 cm³/mol. The van der Waals surface area contributed by atoms with Gasteiger partial charge in [-0.15, -0.1) is 0 Å². The summed E-state index contributed by atoms with van der Waals surface area (Å²) in [5.74, 6) is -0.317. The number of carbonyl (C=O) groups is 1. The second-order valence-corrected chi connectivity index (χ2v) is 10.8. The summed E-state index contributed by atoms with van der Waals surface area (Å²) >= 11 is 5.98. The standard InChI is InChI=1S/C13H19ClO2Si/c1-13(2,3)17(4,5)16-12(15)10-8-6-7-9-11(10)14/h6-9H,1-5H3. The van der Waals surface area contributed by atoms with Crippen molar-refractivity contribution in [3.63, 3.8) is 0 Å². The second kappa shape index (κ2) is 4.82. The molecule has 1 rings (SSSR count). The van der Waals surface area contributed by atoms with Crippen LogP contribution < -0.4 is 0 Å². The summed E-state index contributed by atoms with van der Waals surface area (Å²) < 4.78 is 5.68. The first-order chi connectivity index (χ1) is 7.65. The first kappa shape index (κ1) is 14.3. The van der Waals surface area contributed by atoms with Gasteiger partial charge in [0.25, 0.3) is 8.32 Å². The van der Waals surface area contributed by atoms with Crippen molar-refractivity contribution < 1.29 is 9.22 Å². The minimum Gasteiger partial charge on any atom is -0.516 e. The lowest BCUT2D eigenvalue weighted by Gasteiger charge is -2.35. The summed E-state index contributed by atoms with van der Waals surface area (Å²) in [5, 5.41) is 0.445. The molecule has 0 unspecified atom stereocenters. The lowest BCUT2D eigenvalue weighted by molar-refractivity contribution is 0.0713. The Bertz CT molecular complexity index is 422. The van der Waals surface area contributed by atoms with Gasteiger partial charge in [-0.1, -0.05) is 44.5 Å². The molecule has 0 saturated heterocycles. The molecule has 0 radical (unpaired) electrons. The van der Waals surface area contributed by atoms with E-state index in [9.17, 15) is 4.79 Å². The molecule has 0 N–H and O–H groups in total. The summed E-state index contributed by atoms with van der Waals surface area (Å²) in [6, 6.07) is 6.97. The minimum absolute atomic E-state index is 0.00389. The first-order valence-electron chi connectivity index (χ1n) is 5.63. The van der Waals surface area contributed by atoms with Crippen LogP contribution in [0.4, 0.5) is 0 Å². The highest BCUT2D eigenvalue weighted by molar-refractivity contribution is 6.75. The number of carbonyl (C=O) groups excluding carboxylic acids is 1. The van der Waals surface area contributed by atoms with Crippen LogP contribution in [0.5, 0.6) is 0 Å². The highest BCUT2D eigenvalue weighted by Gasteiger charge is 2.40. The largest absolute Gasteiger partial charge is 0.516 e. The maximum absolute atomic E-state index is 12.1. The Kier molecular flexibility index (Phi) is 4.05. The number of hydrogen-bond donors (Lipinski definition) is 0. The van der Waals surface area contributed by atoms with Gasteiger partial charge in [0.05, 0.1) is 10.6 Å². The van der Waals surface area contributed by atoms with Gasteiger partial charge in [-0.25, -0.2) is 4.79 Å². The van der Waals surface area contributed by atoms with Crippen LogP contribution in [0.25, 0.3) is 0 Å². The number of hydrogen-bond acceptors (Lipinski definition) is 2. The Morgan fingerprint density at radius 2 is 1.76 bits per heavy atom. The zero-order valence-corrected chi connectivity index (χ0v) is 12.8. The van der Waals surface area contributed by atoms with Gasteiger partial charge in [-0.05, 0) is 30.3 Å². The van der Waals surface area contributed by atoms with E-state index in [1.54, 1.807) is 24.3 Å². The molecular formula is C13H19ClO2Si. The van der Waals surface area contributed by atoms with E-state index in [-0.39, 0.29) is 11.0 Å². The smallest absolute Gasteiger partial charge is 0.326 e. The van der Waals surface area contributed by atoms with E-state index in [4.69, 9.17) is 16.0 Å². The summed E-state index contributed by atoms with van der Waals surface area (Å²) in [4.78, 5) is 12.1. The summed E-state index contributed by atoms with van der Waals surface area (Å²) in [6.07, 6.45) is 0. The molecule has 0 aliphatic carbocycles. The molecule has 94 valence electrons. The summed E-state index contributed by atoms with van der Waals surface area (Å²) in [5.41, 5.74) is 0.444. The highest BCUT2D eigenvalue weighted by atomic mass is 35.5. The van der Waals surface area contributed by atoms with Crippen LogP contribution >= 0.6 is 11.6 Å². The molecule has 1 aromatic carbocycles. The van der Waals surface area contributed by atoms with E-state index in [1.165, 1.54) is 0 Å². The van der Waals surface area contributed by atoms with Gasteiger partial charge in [-0.2, -0.15) is 0 Å². The van der Waals surface area contributed by atoms with E-state index in [0.717, 1.165) is 0 Å². The van der Waals surface area contributed by atoms with Gasteiger partial charge in [0.15, 0.2) is 0 Å². The Balaban J connectivity index is 2.92. The van der Waals surface area contributed by atoms with Crippen LogP contribution in [0.2, 0.25) is 23.2 Å². The fourth-order valence-electron chi connectivity index (χ4n) is 1.07. The van der Waals surface area contributed by atoms with E-state index < -0.39 is 8.32 Å². The molecule has 4 heteroatoms. The van der Waals surface area contributed by atoms with Crippen LogP contribution in [0, 0.1) is 0 Å². The number of rotatable bonds is 2. The van der Waals surface area contributed by atoms with Gasteiger partial charge in [0.2, 0.25) is 0 Å². The topological polar surface area (TPSA) is 26.3 Å². The van der Waals surface area contributed by atoms with Crippen molar-refractivity contribution in [1.29, 1.82) is 0 Å². The van der Waals surface area contributed by atoms with Crippen LogP contribution in [0.1, 0.15) is 31.1 Å². The molecule has 0 saturated carbocycles. The van der Waals surface area contributed by atoms with Gasteiger partial charge in [0, 0.05) is 0 Å². The normalized spacial score (nSPS) is 12.4. The average Bonchev–Trinajstić information content (AvgIpc) is 2.15. The SMILES string of the molecule is CC(C)(C)[Si](C)(C)OC(=O)c1ccccc1Cl. The van der Waals surface area contributed by atoms with Crippen molar-refractivity contribution in [2.75, 3.05) is 0 Å². The van der Waals surface area contributed by atoms with Crippen molar-refractivity contribution in [3.8, 4) is 0 Å². The van der Waals surface area contributed by atoms with Crippen molar-refractivity contribution >= 4 is 25.9 Å². The summed E-state index contributed by atoms with van der Waals surface area (Å²) in [6.45, 7) is 10.4. The van der Waals surface area contributed by atoms with Crippen molar-refractivity contribution in [3.05, 3.63) is 34.9 Å². The van der Waals surface area contributed by atoms with Crippen LogP contribution in [-0.4, -0.2) is 14.3 Å². The van der Waals surface area contributed by atoms with Gasteiger partial charge in [-0.3, -0.25) is 0 Å². The van der Waals surface area contributed by atoms with E-state index in [2.05, 4.69) is 20.8 Å². The number of halogens is 1. The van der Waals surface area contributed by atoms with Crippen LogP contribution in [0.15, 0.2) is 24.3 Å². The van der Waals surface area contributed by atoms with E-state index in [1.807, 2.05) is 13.1 Å². The third-order valence-corrected chi connectivity index (χ3v) is 7.89. The van der Waals surface area contributed by atoms with Crippen molar-refractivity contribution in [2.24, 2.45) is 0 Å². The average molecular weight is 271 g/mol. The molecule has 2 nitrogen and oxygen atoms in total. The Morgan fingerprint density at radius 3 is 2.24 bits per heavy atom. The lowest BCUT2D eigenvalue weighted by Crippen LogP contribution is -2.42. The van der Waals surface area contributed by atoms with Crippen molar-refractivity contribution in [2.45, 2.75) is 38.9 Å². The van der Waals surface area contributed by atoms with Crippen LogP contribution in [0.3, 0.4) is 0 Å². The minimum atomic E-state index is -2.08. The molecule has 0 bridgehead atoms. The molecule has 17 heavy (non-hydrogen) atoms. The van der Waals surface area contributed by atoms with Crippen molar-refractivity contribution in [1.82, 2.24) is 0 Å². The quantitative estimate of drug-likeness (QED) is 0.740. The third kappa shape index (κ3) is 3.33. The monoisotopic (exact) mass is 270 g/mol. The zero-order valence-electron chi connectivity index (χ0n) is 11.0.